The summed E-state index contributed by atoms with van der Waals surface area (Å²) in [6.07, 6.45) is 3.71. The molecule has 0 saturated heterocycles. The van der Waals surface area contributed by atoms with Crippen LogP contribution in [-0.2, 0) is 0 Å². The number of aromatic nitrogens is 3. The van der Waals surface area contributed by atoms with Crippen LogP contribution in [0.1, 0.15) is 0 Å². The largest absolute Gasteiger partial charge is 0.390 e. The second-order valence-electron chi connectivity index (χ2n) is 0.819. The Bertz CT molecular complexity index is 94.0. The summed E-state index contributed by atoms with van der Waals surface area (Å²) < 4.78 is 0. The molecule has 0 saturated carbocycles. The van der Waals surface area contributed by atoms with Crippen LogP contribution in [0.2, 0.25) is 0 Å². The van der Waals surface area contributed by atoms with Crippen molar-refractivity contribution in [2.24, 2.45) is 5.73 Å². The zero-order chi connectivity index (χ0) is 6.24. The third-order valence-corrected chi connectivity index (χ3v) is 0.331. The lowest BCUT2D eigenvalue weighted by molar-refractivity contribution is 1.09. The molecule has 0 bridgehead atoms. The minimum atomic E-state index is 0.750. The fraction of sp³-hybridized carbons (Fsp3) is 0. The highest BCUT2D eigenvalue weighted by Crippen LogP contribution is 1.53. The van der Waals surface area contributed by atoms with Gasteiger partial charge in [-0.2, -0.15) is 5.10 Å². The number of hydrogen-bond donors (Lipinski definition) is 3. The molecular weight excluding hydrogens is 106 g/mol. The Morgan fingerprint density at radius 2 is 2.38 bits per heavy atom. The summed E-state index contributed by atoms with van der Waals surface area (Å²) in [6.45, 7) is 0. The lowest BCUT2D eigenvalue weighted by Gasteiger charge is -1.46. The van der Waals surface area contributed by atoms with Crippen LogP contribution in [0.5, 0.6) is 0 Å². The maximum Gasteiger partial charge on any atom is 0.137 e. The Kier molecular flexibility index (Phi) is 4.64. The van der Waals surface area contributed by atoms with E-state index in [1.807, 2.05) is 0 Å². The summed E-state index contributed by atoms with van der Waals surface area (Å²) >= 11 is 0. The number of nitrogens with two attached hydrogens (primary N) is 1. The van der Waals surface area contributed by atoms with E-state index in [2.05, 4.69) is 20.9 Å². The first-order chi connectivity index (χ1) is 3.91. The lowest BCUT2D eigenvalue weighted by Crippen LogP contribution is -1.81. The molecule has 1 aromatic rings. The molecule has 1 aromatic heterocycles. The molecule has 0 fully saturated rings. The molecule has 4 N–H and O–H groups in total. The van der Waals surface area contributed by atoms with Crippen molar-refractivity contribution in [1.29, 1.82) is 5.41 Å². The second kappa shape index (κ2) is 5.61. The number of nitrogens with zero attached hydrogens (tertiary/aromatic N) is 2. The first-order valence-electron chi connectivity index (χ1n) is 1.91. The van der Waals surface area contributed by atoms with Gasteiger partial charge in [0, 0.05) is 0 Å². The van der Waals surface area contributed by atoms with Crippen LogP contribution in [0.25, 0.3) is 0 Å². The smallest absolute Gasteiger partial charge is 0.137 e. The molecule has 44 valence electrons. The fourth-order valence-corrected chi connectivity index (χ4v) is 0.167. The fourth-order valence-electron chi connectivity index (χ4n) is 0.167. The topological polar surface area (TPSA) is 91.4 Å². The summed E-state index contributed by atoms with van der Waals surface area (Å²) in [7, 11) is 0. The van der Waals surface area contributed by atoms with Crippen LogP contribution in [0.4, 0.5) is 0 Å². The van der Waals surface area contributed by atoms with E-state index in [4.69, 9.17) is 5.41 Å². The van der Waals surface area contributed by atoms with Gasteiger partial charge in [0.15, 0.2) is 0 Å². The molecule has 5 heteroatoms. The van der Waals surface area contributed by atoms with E-state index in [-0.39, 0.29) is 0 Å². The first-order valence-corrected chi connectivity index (χ1v) is 1.91. The van der Waals surface area contributed by atoms with Gasteiger partial charge in [-0.25, -0.2) is 4.98 Å². The SMILES string of the molecule is N=CN.c1nc[nH]n1. The molecule has 0 aliphatic heterocycles. The Morgan fingerprint density at radius 1 is 1.75 bits per heavy atom. The van der Waals surface area contributed by atoms with Crippen LogP contribution in [-0.4, -0.2) is 21.5 Å². The summed E-state index contributed by atoms with van der Waals surface area (Å²) in [5.74, 6) is 0. The maximum absolute atomic E-state index is 5.86. The average molecular weight is 113 g/mol. The second-order valence-corrected chi connectivity index (χ2v) is 0.819. The molecule has 0 atom stereocenters. The molecular formula is C3H7N5. The van der Waals surface area contributed by atoms with Crippen molar-refractivity contribution >= 4 is 6.34 Å². The molecule has 0 unspecified atom stereocenters. The minimum Gasteiger partial charge on any atom is -0.390 e. The van der Waals surface area contributed by atoms with E-state index in [0.29, 0.717) is 0 Å². The van der Waals surface area contributed by atoms with Crippen molar-refractivity contribution in [3.63, 3.8) is 0 Å². The standard InChI is InChI=1S/C2H3N3.CH4N2/c1-3-2-5-4-1;2-1-3/h1-2H,(H,3,4,5);1H,(H3,2,3). The van der Waals surface area contributed by atoms with Crippen molar-refractivity contribution < 1.29 is 0 Å². The van der Waals surface area contributed by atoms with E-state index in [0.717, 1.165) is 6.34 Å². The molecule has 8 heavy (non-hydrogen) atoms. The highest BCUT2D eigenvalue weighted by atomic mass is 15.2. The number of H-pyrrole nitrogens is 1. The van der Waals surface area contributed by atoms with E-state index >= 15 is 0 Å². The van der Waals surface area contributed by atoms with Crippen LogP contribution in [0, 0.1) is 5.41 Å². The highest BCUT2D eigenvalue weighted by molar-refractivity contribution is 5.46. The van der Waals surface area contributed by atoms with E-state index in [1.54, 1.807) is 0 Å². The van der Waals surface area contributed by atoms with Crippen LogP contribution < -0.4 is 5.73 Å². The van der Waals surface area contributed by atoms with Gasteiger partial charge in [0.25, 0.3) is 0 Å². The molecule has 0 radical (unpaired) electrons. The Morgan fingerprint density at radius 3 is 2.50 bits per heavy atom. The van der Waals surface area contributed by atoms with E-state index < -0.39 is 0 Å². The van der Waals surface area contributed by atoms with Gasteiger partial charge in [-0.05, 0) is 0 Å². The van der Waals surface area contributed by atoms with Crippen LogP contribution in [0.15, 0.2) is 12.7 Å². The molecule has 5 nitrogen and oxygen atoms in total. The number of rotatable bonds is 0. The lowest BCUT2D eigenvalue weighted by atomic mass is 11.3. The minimum absolute atomic E-state index is 0.750. The predicted octanol–water partition coefficient (Wildman–Crippen LogP) is -0.643. The Hall–Kier alpha value is -1.39. The highest BCUT2D eigenvalue weighted by Gasteiger charge is 1.57. The number of nitrogens with one attached hydrogen (secondary N) is 2. The summed E-state index contributed by atoms with van der Waals surface area (Å²) in [6, 6.07) is 0. The Labute approximate surface area is 46.4 Å². The quantitative estimate of drug-likeness (QED) is 0.308. The zero-order valence-corrected chi connectivity index (χ0v) is 4.20. The van der Waals surface area contributed by atoms with Gasteiger partial charge < -0.3 is 5.73 Å². The number of aromatic amines is 1. The molecule has 1 heterocycles. The summed E-state index contributed by atoms with van der Waals surface area (Å²) in [4.78, 5) is 3.56. The molecule has 0 aliphatic carbocycles. The van der Waals surface area contributed by atoms with Gasteiger partial charge in [0.1, 0.15) is 12.7 Å². The van der Waals surface area contributed by atoms with Gasteiger partial charge >= 0.3 is 0 Å². The van der Waals surface area contributed by atoms with Gasteiger partial charge in [0.2, 0.25) is 0 Å². The van der Waals surface area contributed by atoms with Crippen molar-refractivity contribution in [3.8, 4) is 0 Å². The summed E-state index contributed by atoms with van der Waals surface area (Å²) in [5, 5.41) is 11.8. The first kappa shape index (κ1) is 6.61. The molecule has 0 amide bonds. The molecule has 0 aliphatic rings. The summed E-state index contributed by atoms with van der Waals surface area (Å²) in [5.41, 5.74) is 4.39. The van der Waals surface area contributed by atoms with Crippen molar-refractivity contribution in [1.82, 2.24) is 15.2 Å². The maximum atomic E-state index is 5.86. The van der Waals surface area contributed by atoms with Crippen molar-refractivity contribution in [2.75, 3.05) is 0 Å². The molecule has 1 rings (SSSR count). The van der Waals surface area contributed by atoms with Gasteiger partial charge in [-0.3, -0.25) is 10.5 Å². The van der Waals surface area contributed by atoms with E-state index in [1.165, 1.54) is 12.7 Å². The monoisotopic (exact) mass is 113 g/mol. The zero-order valence-electron chi connectivity index (χ0n) is 4.20. The van der Waals surface area contributed by atoms with Gasteiger partial charge in [-0.15, -0.1) is 0 Å². The third kappa shape index (κ3) is 4.61. The van der Waals surface area contributed by atoms with Crippen molar-refractivity contribution in [3.05, 3.63) is 12.7 Å². The van der Waals surface area contributed by atoms with Gasteiger partial charge in [0.05, 0.1) is 6.34 Å². The van der Waals surface area contributed by atoms with Crippen LogP contribution >= 0.6 is 0 Å². The molecule has 0 spiro atoms. The van der Waals surface area contributed by atoms with Gasteiger partial charge in [-0.1, -0.05) is 0 Å². The average Bonchev–Trinajstić information content (AvgIpc) is 2.17. The van der Waals surface area contributed by atoms with Crippen molar-refractivity contribution in [2.45, 2.75) is 0 Å². The normalized spacial score (nSPS) is 6.50. The predicted molar refractivity (Wildman–Crippen MR) is 29.4 cm³/mol. The molecule has 0 aromatic carbocycles. The Balaban J connectivity index is 0.000000145. The van der Waals surface area contributed by atoms with Crippen LogP contribution in [0.3, 0.4) is 0 Å². The van der Waals surface area contributed by atoms with E-state index in [9.17, 15) is 0 Å². The number of hydrogen-bond acceptors (Lipinski definition) is 3. The third-order valence-electron chi connectivity index (χ3n) is 0.331.